The van der Waals surface area contributed by atoms with Crippen molar-refractivity contribution >= 4 is 40.2 Å². The highest BCUT2D eigenvalue weighted by molar-refractivity contribution is 6.23. The number of hydrogen-bond acceptors (Lipinski definition) is 8. The van der Waals surface area contributed by atoms with Gasteiger partial charge in [-0.1, -0.05) is 0 Å². The standard InChI is InChI=1S/C32H32N8O4/c1-16-23-14-34-38(2)27(23)12-25(35-16)24-15-39(37-29(24)18-3-4-18)20-9-17(10-20)13-33-19-5-6-21-22(11-19)32(44)40(31(21)43)26-7-8-28(41)36-30(26)42/h5-6,11-12,14-15,17-18,20,26,33H,3-4,7-10,13H2,1-2H3,(H,36,41,42)/t17-,20-,26?. The summed E-state index contributed by atoms with van der Waals surface area (Å²) < 4.78 is 4.02. The lowest BCUT2D eigenvalue weighted by atomic mass is 9.80. The van der Waals surface area contributed by atoms with Crippen LogP contribution in [0.2, 0.25) is 0 Å². The summed E-state index contributed by atoms with van der Waals surface area (Å²) in [5.41, 5.74) is 6.55. The van der Waals surface area contributed by atoms with Crippen LogP contribution in [0.4, 0.5) is 5.69 Å². The molecule has 2 saturated carbocycles. The first-order chi connectivity index (χ1) is 21.2. The zero-order valence-electron chi connectivity index (χ0n) is 24.5. The maximum absolute atomic E-state index is 13.2. The number of aryl methyl sites for hydroxylation is 2. The molecule has 1 saturated heterocycles. The quantitative estimate of drug-likeness (QED) is 0.311. The molecule has 0 radical (unpaired) electrons. The minimum atomic E-state index is -0.968. The topological polar surface area (TPSA) is 144 Å². The summed E-state index contributed by atoms with van der Waals surface area (Å²) >= 11 is 0. The van der Waals surface area contributed by atoms with Gasteiger partial charge >= 0.3 is 0 Å². The van der Waals surface area contributed by atoms with Crippen molar-refractivity contribution in [1.82, 2.24) is 34.8 Å². The van der Waals surface area contributed by atoms with Crippen LogP contribution >= 0.6 is 0 Å². The zero-order valence-corrected chi connectivity index (χ0v) is 24.5. The van der Waals surface area contributed by atoms with Gasteiger partial charge in [0.1, 0.15) is 6.04 Å². The maximum atomic E-state index is 13.2. The monoisotopic (exact) mass is 592 g/mol. The van der Waals surface area contributed by atoms with Crippen molar-refractivity contribution in [3.63, 3.8) is 0 Å². The summed E-state index contributed by atoms with van der Waals surface area (Å²) in [5, 5.41) is 16.2. The number of pyridine rings is 1. The summed E-state index contributed by atoms with van der Waals surface area (Å²) in [6.45, 7) is 2.76. The smallest absolute Gasteiger partial charge is 0.262 e. The number of fused-ring (bicyclic) bond motifs is 2. The number of piperidine rings is 1. The second kappa shape index (κ2) is 9.83. The predicted molar refractivity (Wildman–Crippen MR) is 160 cm³/mol. The number of anilines is 1. The molecule has 2 N–H and O–H groups in total. The molecule has 224 valence electrons. The van der Waals surface area contributed by atoms with Crippen molar-refractivity contribution in [3.8, 4) is 11.3 Å². The van der Waals surface area contributed by atoms with Crippen LogP contribution in [0, 0.1) is 12.8 Å². The Labute approximate surface area is 252 Å². The SMILES string of the molecule is Cc1nc(-c2cn([C@H]3C[C@H](CNc4ccc5c(c4)C(=O)N(C4CCC(=O)NC4=O)C5=O)C3)nc2C2CC2)cc2c1cnn2C. The molecule has 4 aliphatic rings. The van der Waals surface area contributed by atoms with Crippen molar-refractivity contribution in [1.29, 1.82) is 0 Å². The van der Waals surface area contributed by atoms with Crippen LogP contribution < -0.4 is 10.6 Å². The fraction of sp³-hybridized carbons (Fsp3) is 0.406. The Balaban J connectivity index is 0.934. The van der Waals surface area contributed by atoms with E-state index >= 15 is 0 Å². The van der Waals surface area contributed by atoms with Gasteiger partial charge in [-0.2, -0.15) is 10.2 Å². The highest BCUT2D eigenvalue weighted by Crippen LogP contribution is 2.46. The van der Waals surface area contributed by atoms with Crippen molar-refractivity contribution in [2.24, 2.45) is 13.0 Å². The lowest BCUT2D eigenvalue weighted by molar-refractivity contribution is -0.136. The summed E-state index contributed by atoms with van der Waals surface area (Å²) in [7, 11) is 1.95. The van der Waals surface area contributed by atoms with Crippen LogP contribution in [0.5, 0.6) is 0 Å². The lowest BCUT2D eigenvalue weighted by Gasteiger charge is -2.35. The molecule has 0 bridgehead atoms. The summed E-state index contributed by atoms with van der Waals surface area (Å²) in [5.74, 6) is -1.06. The molecule has 2 aliphatic heterocycles. The van der Waals surface area contributed by atoms with Crippen molar-refractivity contribution in [2.75, 3.05) is 11.9 Å². The molecule has 12 nitrogen and oxygen atoms in total. The van der Waals surface area contributed by atoms with Gasteiger partial charge in [0, 0.05) is 54.5 Å². The number of hydrogen-bond donors (Lipinski definition) is 2. The second-order valence-electron chi connectivity index (χ2n) is 12.6. The highest BCUT2D eigenvalue weighted by atomic mass is 16.2. The minimum absolute atomic E-state index is 0.0956. The van der Waals surface area contributed by atoms with Crippen molar-refractivity contribution < 1.29 is 19.2 Å². The fourth-order valence-electron chi connectivity index (χ4n) is 6.81. The zero-order chi connectivity index (χ0) is 30.3. The van der Waals surface area contributed by atoms with Gasteiger partial charge in [0.25, 0.3) is 11.8 Å². The summed E-state index contributed by atoms with van der Waals surface area (Å²) in [4.78, 5) is 55.9. The van der Waals surface area contributed by atoms with Gasteiger partial charge in [0.05, 0.1) is 40.3 Å². The van der Waals surface area contributed by atoms with E-state index in [1.54, 1.807) is 18.2 Å². The molecule has 1 atom stereocenters. The first kappa shape index (κ1) is 26.7. The molecule has 3 aromatic heterocycles. The van der Waals surface area contributed by atoms with Gasteiger partial charge in [-0.05, 0) is 69.2 Å². The largest absolute Gasteiger partial charge is 0.385 e. The van der Waals surface area contributed by atoms with Crippen LogP contribution in [0.25, 0.3) is 22.2 Å². The first-order valence-corrected chi connectivity index (χ1v) is 15.2. The number of amides is 4. The van der Waals surface area contributed by atoms with E-state index in [1.807, 2.05) is 24.9 Å². The second-order valence-corrected chi connectivity index (χ2v) is 12.6. The number of carbonyl (C=O) groups excluding carboxylic acids is 4. The number of nitrogens with one attached hydrogen (secondary N) is 2. The molecule has 4 amide bonds. The van der Waals surface area contributed by atoms with Gasteiger partial charge in [0.2, 0.25) is 11.8 Å². The Morgan fingerprint density at radius 3 is 2.57 bits per heavy atom. The average Bonchev–Trinajstić information content (AvgIpc) is 3.55. The molecular weight excluding hydrogens is 560 g/mol. The third-order valence-electron chi connectivity index (χ3n) is 9.56. The third kappa shape index (κ3) is 4.30. The van der Waals surface area contributed by atoms with E-state index in [1.165, 1.54) is 0 Å². The van der Waals surface area contributed by atoms with Gasteiger partial charge in [-0.25, -0.2) is 0 Å². The molecule has 5 heterocycles. The van der Waals surface area contributed by atoms with E-state index in [9.17, 15) is 19.2 Å². The van der Waals surface area contributed by atoms with Crippen LogP contribution in [0.15, 0.2) is 36.7 Å². The Bertz CT molecular complexity index is 1900. The molecule has 12 heteroatoms. The van der Waals surface area contributed by atoms with E-state index in [4.69, 9.17) is 10.1 Å². The van der Waals surface area contributed by atoms with Gasteiger partial charge in [-0.3, -0.25) is 43.7 Å². The number of nitrogens with zero attached hydrogens (tertiary/aromatic N) is 6. The average molecular weight is 593 g/mol. The molecule has 0 spiro atoms. The maximum Gasteiger partial charge on any atom is 0.262 e. The van der Waals surface area contributed by atoms with E-state index in [2.05, 4.69) is 32.7 Å². The molecule has 2 aliphatic carbocycles. The Morgan fingerprint density at radius 1 is 1.00 bits per heavy atom. The van der Waals surface area contributed by atoms with Gasteiger partial charge < -0.3 is 5.32 Å². The van der Waals surface area contributed by atoms with Gasteiger partial charge in [0.15, 0.2) is 0 Å². The minimum Gasteiger partial charge on any atom is -0.385 e. The lowest BCUT2D eigenvalue weighted by Crippen LogP contribution is -2.54. The molecular formula is C32H32N8O4. The molecule has 44 heavy (non-hydrogen) atoms. The fourth-order valence-corrected chi connectivity index (χ4v) is 6.81. The summed E-state index contributed by atoms with van der Waals surface area (Å²) in [6, 6.07) is 6.59. The van der Waals surface area contributed by atoms with E-state index in [0.717, 1.165) is 76.4 Å². The molecule has 3 fully saturated rings. The molecule has 4 aromatic rings. The number of rotatable bonds is 7. The molecule has 1 aromatic carbocycles. The molecule has 8 rings (SSSR count). The van der Waals surface area contributed by atoms with E-state index < -0.39 is 29.7 Å². The third-order valence-corrected chi connectivity index (χ3v) is 9.56. The normalized spacial score (nSPS) is 23.2. The van der Waals surface area contributed by atoms with Crippen LogP contribution in [0.1, 0.15) is 82.6 Å². The number of carbonyl (C=O) groups is 4. The van der Waals surface area contributed by atoms with Crippen LogP contribution in [-0.2, 0) is 16.6 Å². The number of aromatic nitrogens is 5. The predicted octanol–water partition coefficient (Wildman–Crippen LogP) is 3.48. The van der Waals surface area contributed by atoms with E-state index in [-0.39, 0.29) is 24.0 Å². The van der Waals surface area contributed by atoms with Crippen LogP contribution in [0.3, 0.4) is 0 Å². The van der Waals surface area contributed by atoms with Crippen LogP contribution in [-0.4, -0.2) is 65.7 Å². The van der Waals surface area contributed by atoms with Crippen molar-refractivity contribution in [3.05, 3.63) is 59.2 Å². The Hall–Kier alpha value is -4.87. The first-order valence-electron chi connectivity index (χ1n) is 15.2. The highest BCUT2D eigenvalue weighted by Gasteiger charge is 2.44. The molecule has 1 unspecified atom stereocenters. The number of imide groups is 2. The Morgan fingerprint density at radius 2 is 1.80 bits per heavy atom. The summed E-state index contributed by atoms with van der Waals surface area (Å²) in [6.07, 6.45) is 8.56. The Kier molecular flexibility index (Phi) is 5.97. The van der Waals surface area contributed by atoms with Gasteiger partial charge in [-0.15, -0.1) is 0 Å². The number of benzene rings is 1. The van der Waals surface area contributed by atoms with E-state index in [0.29, 0.717) is 17.9 Å². The van der Waals surface area contributed by atoms with Crippen molar-refractivity contribution in [2.45, 2.75) is 63.5 Å².